The summed E-state index contributed by atoms with van der Waals surface area (Å²) in [5.74, 6) is 0.806. The van der Waals surface area contributed by atoms with E-state index in [0.717, 1.165) is 6.42 Å². The lowest BCUT2D eigenvalue weighted by Gasteiger charge is -2.22. The molecule has 0 heterocycles. The standard InChI is InChI=1S/C15H23ClN2O2/c1-10(2)13(17)7-8-18(3)15(19)12-6-5-11(16)9-14(12)20-4/h5-6,9-10,13H,7-8,17H2,1-4H3. The largest absolute Gasteiger partial charge is 0.496 e. The van der Waals surface area contributed by atoms with Gasteiger partial charge in [-0.05, 0) is 30.5 Å². The second-order valence-electron chi connectivity index (χ2n) is 5.27. The quantitative estimate of drug-likeness (QED) is 0.878. The van der Waals surface area contributed by atoms with E-state index in [2.05, 4.69) is 13.8 Å². The lowest BCUT2D eigenvalue weighted by Crippen LogP contribution is -2.34. The van der Waals surface area contributed by atoms with E-state index in [1.165, 1.54) is 7.11 Å². The number of nitrogens with two attached hydrogens (primary N) is 1. The average Bonchev–Trinajstić information content (AvgIpc) is 2.43. The van der Waals surface area contributed by atoms with Crippen LogP contribution in [0.15, 0.2) is 18.2 Å². The van der Waals surface area contributed by atoms with Gasteiger partial charge in [-0.15, -0.1) is 0 Å². The van der Waals surface area contributed by atoms with E-state index < -0.39 is 0 Å². The van der Waals surface area contributed by atoms with Crippen LogP contribution in [0, 0.1) is 5.92 Å². The molecule has 0 aliphatic carbocycles. The lowest BCUT2D eigenvalue weighted by molar-refractivity contribution is 0.0786. The molecule has 1 aromatic rings. The minimum absolute atomic E-state index is 0.0885. The Morgan fingerprint density at radius 1 is 1.45 bits per heavy atom. The van der Waals surface area contributed by atoms with Crippen LogP contribution in [-0.2, 0) is 0 Å². The molecule has 0 aromatic heterocycles. The Bertz CT molecular complexity index is 463. The van der Waals surface area contributed by atoms with Gasteiger partial charge in [0.25, 0.3) is 5.91 Å². The fourth-order valence-electron chi connectivity index (χ4n) is 1.82. The Morgan fingerprint density at radius 2 is 2.10 bits per heavy atom. The number of halogens is 1. The van der Waals surface area contributed by atoms with Crippen LogP contribution < -0.4 is 10.5 Å². The van der Waals surface area contributed by atoms with Crippen LogP contribution in [0.3, 0.4) is 0 Å². The SMILES string of the molecule is COc1cc(Cl)ccc1C(=O)N(C)CCC(N)C(C)C. The third-order valence-corrected chi connectivity index (χ3v) is 3.63. The molecule has 2 N–H and O–H groups in total. The molecule has 1 amide bonds. The molecule has 0 saturated carbocycles. The number of carbonyl (C=O) groups is 1. The van der Waals surface area contributed by atoms with E-state index in [1.54, 1.807) is 30.1 Å². The number of amides is 1. The molecule has 20 heavy (non-hydrogen) atoms. The third kappa shape index (κ3) is 4.39. The topological polar surface area (TPSA) is 55.6 Å². The highest BCUT2D eigenvalue weighted by molar-refractivity contribution is 6.30. The Balaban J connectivity index is 2.74. The fourth-order valence-corrected chi connectivity index (χ4v) is 1.99. The number of carbonyl (C=O) groups excluding carboxylic acids is 1. The van der Waals surface area contributed by atoms with Crippen molar-refractivity contribution in [1.29, 1.82) is 0 Å². The van der Waals surface area contributed by atoms with Crippen molar-refractivity contribution in [2.24, 2.45) is 11.7 Å². The molecule has 0 spiro atoms. The zero-order valence-electron chi connectivity index (χ0n) is 12.5. The van der Waals surface area contributed by atoms with Crippen LogP contribution in [-0.4, -0.2) is 37.6 Å². The first-order chi connectivity index (χ1) is 9.36. The number of hydrogen-bond donors (Lipinski definition) is 1. The molecule has 112 valence electrons. The summed E-state index contributed by atoms with van der Waals surface area (Å²) in [7, 11) is 3.29. The van der Waals surface area contributed by atoms with Crippen LogP contribution in [0.25, 0.3) is 0 Å². The van der Waals surface area contributed by atoms with Crippen molar-refractivity contribution >= 4 is 17.5 Å². The molecule has 1 atom stereocenters. The van der Waals surface area contributed by atoms with Crippen LogP contribution in [0.2, 0.25) is 5.02 Å². The highest BCUT2D eigenvalue weighted by Crippen LogP contribution is 2.24. The van der Waals surface area contributed by atoms with E-state index >= 15 is 0 Å². The zero-order valence-corrected chi connectivity index (χ0v) is 13.3. The van der Waals surface area contributed by atoms with Crippen LogP contribution in [0.5, 0.6) is 5.75 Å². The molecule has 0 aliphatic rings. The summed E-state index contributed by atoms with van der Waals surface area (Å²) < 4.78 is 5.20. The van der Waals surface area contributed by atoms with Gasteiger partial charge in [-0.1, -0.05) is 25.4 Å². The van der Waals surface area contributed by atoms with Crippen LogP contribution in [0.1, 0.15) is 30.6 Å². The number of methoxy groups -OCH3 is 1. The molecule has 1 aromatic carbocycles. The van der Waals surface area contributed by atoms with Gasteiger partial charge in [-0.2, -0.15) is 0 Å². The normalized spacial score (nSPS) is 12.3. The molecule has 5 heteroatoms. The van der Waals surface area contributed by atoms with Crippen molar-refractivity contribution in [2.75, 3.05) is 20.7 Å². The molecule has 0 bridgehead atoms. The first-order valence-electron chi connectivity index (χ1n) is 6.71. The fraction of sp³-hybridized carbons (Fsp3) is 0.533. The van der Waals surface area contributed by atoms with E-state index in [4.69, 9.17) is 22.1 Å². The average molecular weight is 299 g/mol. The predicted molar refractivity (Wildman–Crippen MR) is 82.4 cm³/mol. The smallest absolute Gasteiger partial charge is 0.257 e. The van der Waals surface area contributed by atoms with Gasteiger partial charge in [0.05, 0.1) is 12.7 Å². The van der Waals surface area contributed by atoms with E-state index in [9.17, 15) is 4.79 Å². The summed E-state index contributed by atoms with van der Waals surface area (Å²) in [4.78, 5) is 14.0. The Labute approximate surface area is 125 Å². The van der Waals surface area contributed by atoms with Crippen molar-refractivity contribution in [3.8, 4) is 5.75 Å². The monoisotopic (exact) mass is 298 g/mol. The molecule has 0 saturated heterocycles. The van der Waals surface area contributed by atoms with Gasteiger partial charge in [0.2, 0.25) is 0 Å². The molecule has 1 unspecified atom stereocenters. The third-order valence-electron chi connectivity index (χ3n) is 3.39. The Morgan fingerprint density at radius 3 is 2.65 bits per heavy atom. The molecule has 4 nitrogen and oxygen atoms in total. The number of benzene rings is 1. The summed E-state index contributed by atoms with van der Waals surface area (Å²) in [6, 6.07) is 5.10. The van der Waals surface area contributed by atoms with E-state index in [0.29, 0.717) is 28.8 Å². The maximum absolute atomic E-state index is 12.4. The summed E-state index contributed by atoms with van der Waals surface area (Å²) in [5.41, 5.74) is 6.51. The maximum atomic E-state index is 12.4. The van der Waals surface area contributed by atoms with Gasteiger partial charge < -0.3 is 15.4 Å². The van der Waals surface area contributed by atoms with Gasteiger partial charge in [-0.25, -0.2) is 0 Å². The molecular formula is C15H23ClN2O2. The van der Waals surface area contributed by atoms with Crippen molar-refractivity contribution in [2.45, 2.75) is 26.3 Å². The lowest BCUT2D eigenvalue weighted by atomic mass is 10.0. The predicted octanol–water partition coefficient (Wildman–Crippen LogP) is 2.79. The van der Waals surface area contributed by atoms with E-state index in [-0.39, 0.29) is 11.9 Å². The van der Waals surface area contributed by atoms with Gasteiger partial charge in [0.15, 0.2) is 0 Å². The number of ether oxygens (including phenoxy) is 1. The van der Waals surface area contributed by atoms with Crippen molar-refractivity contribution in [1.82, 2.24) is 4.90 Å². The van der Waals surface area contributed by atoms with Crippen molar-refractivity contribution in [3.63, 3.8) is 0 Å². The minimum Gasteiger partial charge on any atom is -0.496 e. The minimum atomic E-state index is -0.0885. The molecule has 0 aliphatic heterocycles. The summed E-state index contributed by atoms with van der Waals surface area (Å²) >= 11 is 5.90. The molecule has 0 fully saturated rings. The highest BCUT2D eigenvalue weighted by atomic mass is 35.5. The summed E-state index contributed by atoms with van der Waals surface area (Å²) in [5, 5.41) is 0.544. The number of nitrogens with zero attached hydrogens (tertiary/aromatic N) is 1. The second-order valence-corrected chi connectivity index (χ2v) is 5.70. The molecule has 0 radical (unpaired) electrons. The van der Waals surface area contributed by atoms with Gasteiger partial charge in [0, 0.05) is 24.7 Å². The zero-order chi connectivity index (χ0) is 15.3. The Kier molecular flexibility index (Phi) is 6.30. The van der Waals surface area contributed by atoms with Crippen LogP contribution >= 0.6 is 11.6 Å². The molecular weight excluding hydrogens is 276 g/mol. The van der Waals surface area contributed by atoms with Crippen LogP contribution in [0.4, 0.5) is 0 Å². The first-order valence-corrected chi connectivity index (χ1v) is 7.09. The second kappa shape index (κ2) is 7.50. The highest BCUT2D eigenvalue weighted by Gasteiger charge is 2.18. The number of rotatable bonds is 6. The van der Waals surface area contributed by atoms with Gasteiger partial charge in [0.1, 0.15) is 5.75 Å². The Hall–Kier alpha value is -1.26. The first kappa shape index (κ1) is 16.8. The van der Waals surface area contributed by atoms with Gasteiger partial charge >= 0.3 is 0 Å². The summed E-state index contributed by atoms with van der Waals surface area (Å²) in [6.45, 7) is 4.77. The van der Waals surface area contributed by atoms with Crippen molar-refractivity contribution in [3.05, 3.63) is 28.8 Å². The molecule has 1 rings (SSSR count). The van der Waals surface area contributed by atoms with Gasteiger partial charge in [-0.3, -0.25) is 4.79 Å². The summed E-state index contributed by atoms with van der Waals surface area (Å²) in [6.07, 6.45) is 0.774. The van der Waals surface area contributed by atoms with E-state index in [1.807, 2.05) is 0 Å². The number of hydrogen-bond acceptors (Lipinski definition) is 3. The van der Waals surface area contributed by atoms with Crippen molar-refractivity contribution < 1.29 is 9.53 Å². The maximum Gasteiger partial charge on any atom is 0.257 e.